The zero-order valence-corrected chi connectivity index (χ0v) is 15.2. The van der Waals surface area contributed by atoms with Crippen molar-refractivity contribution < 1.29 is 14.3 Å². The number of likely N-dealkylation sites (tertiary alicyclic amines) is 1. The Morgan fingerprint density at radius 3 is 2.38 bits per heavy atom. The molecule has 0 spiro atoms. The molecule has 1 fully saturated rings. The molecule has 1 aliphatic rings. The second kappa shape index (κ2) is 8.04. The molecule has 5 heteroatoms. The van der Waals surface area contributed by atoms with Gasteiger partial charge in [0, 0.05) is 30.3 Å². The van der Waals surface area contributed by atoms with Gasteiger partial charge in [-0.05, 0) is 56.2 Å². The van der Waals surface area contributed by atoms with Crippen LogP contribution in [0, 0.1) is 12.8 Å². The molecular formula is C21H24N2O3. The highest BCUT2D eigenvalue weighted by molar-refractivity contribution is 5.95. The Labute approximate surface area is 154 Å². The highest BCUT2D eigenvalue weighted by Crippen LogP contribution is 2.22. The van der Waals surface area contributed by atoms with E-state index in [1.807, 2.05) is 60.4 Å². The van der Waals surface area contributed by atoms with Crippen molar-refractivity contribution in [2.45, 2.75) is 19.8 Å². The number of carbonyl (C=O) groups excluding carboxylic acids is 2. The molecule has 0 aliphatic carbocycles. The van der Waals surface area contributed by atoms with E-state index in [4.69, 9.17) is 4.74 Å². The van der Waals surface area contributed by atoms with Crippen molar-refractivity contribution in [1.82, 2.24) is 4.90 Å². The zero-order chi connectivity index (χ0) is 18.5. The fourth-order valence-corrected chi connectivity index (χ4v) is 3.22. The molecule has 0 saturated carbocycles. The van der Waals surface area contributed by atoms with Gasteiger partial charge in [-0.25, -0.2) is 0 Å². The van der Waals surface area contributed by atoms with Crippen molar-refractivity contribution in [3.63, 3.8) is 0 Å². The van der Waals surface area contributed by atoms with E-state index in [9.17, 15) is 9.59 Å². The number of hydrogen-bond acceptors (Lipinski definition) is 3. The van der Waals surface area contributed by atoms with E-state index < -0.39 is 0 Å². The van der Waals surface area contributed by atoms with Gasteiger partial charge in [-0.3, -0.25) is 9.59 Å². The lowest BCUT2D eigenvalue weighted by Gasteiger charge is -2.31. The van der Waals surface area contributed by atoms with Gasteiger partial charge in [-0.1, -0.05) is 17.7 Å². The van der Waals surface area contributed by atoms with Gasteiger partial charge in [0.05, 0.1) is 7.11 Å². The molecule has 2 aromatic carbocycles. The fraction of sp³-hybridized carbons (Fsp3) is 0.333. The molecule has 1 aliphatic heterocycles. The van der Waals surface area contributed by atoms with E-state index in [0.29, 0.717) is 31.5 Å². The number of benzene rings is 2. The van der Waals surface area contributed by atoms with Crippen molar-refractivity contribution in [3.05, 3.63) is 59.7 Å². The van der Waals surface area contributed by atoms with E-state index in [0.717, 1.165) is 17.0 Å². The van der Waals surface area contributed by atoms with Crippen LogP contribution in [0.25, 0.3) is 0 Å². The van der Waals surface area contributed by atoms with Crippen molar-refractivity contribution in [2.24, 2.45) is 5.92 Å². The van der Waals surface area contributed by atoms with Crippen LogP contribution in [0.1, 0.15) is 28.8 Å². The summed E-state index contributed by atoms with van der Waals surface area (Å²) in [5, 5.41) is 2.95. The summed E-state index contributed by atoms with van der Waals surface area (Å²) in [5.74, 6) is 0.741. The third-order valence-electron chi connectivity index (χ3n) is 4.78. The number of nitrogens with one attached hydrogen (secondary N) is 1. The van der Waals surface area contributed by atoms with Crippen molar-refractivity contribution in [1.29, 1.82) is 0 Å². The van der Waals surface area contributed by atoms with Gasteiger partial charge in [0.25, 0.3) is 5.91 Å². The monoisotopic (exact) mass is 352 g/mol. The molecule has 0 aromatic heterocycles. The Bertz CT molecular complexity index is 778. The number of methoxy groups -OCH3 is 1. The van der Waals surface area contributed by atoms with E-state index in [-0.39, 0.29) is 17.7 Å². The van der Waals surface area contributed by atoms with Crippen molar-refractivity contribution in [2.75, 3.05) is 25.5 Å². The summed E-state index contributed by atoms with van der Waals surface area (Å²) in [6, 6.07) is 14.9. The van der Waals surface area contributed by atoms with Crippen LogP contribution < -0.4 is 10.1 Å². The maximum atomic E-state index is 12.6. The van der Waals surface area contributed by atoms with Crippen LogP contribution in [0.4, 0.5) is 5.69 Å². The average Bonchev–Trinajstić information content (AvgIpc) is 2.68. The second-order valence-corrected chi connectivity index (χ2v) is 6.65. The first-order valence-electron chi connectivity index (χ1n) is 8.87. The van der Waals surface area contributed by atoms with Gasteiger partial charge < -0.3 is 15.0 Å². The first-order chi connectivity index (χ1) is 12.6. The topological polar surface area (TPSA) is 58.6 Å². The molecule has 5 nitrogen and oxygen atoms in total. The lowest BCUT2D eigenvalue weighted by Crippen LogP contribution is -2.41. The van der Waals surface area contributed by atoms with Crippen LogP contribution >= 0.6 is 0 Å². The van der Waals surface area contributed by atoms with Gasteiger partial charge in [0.2, 0.25) is 5.91 Å². The quantitative estimate of drug-likeness (QED) is 0.916. The smallest absolute Gasteiger partial charge is 0.253 e. The van der Waals surface area contributed by atoms with Gasteiger partial charge in [0.1, 0.15) is 5.75 Å². The van der Waals surface area contributed by atoms with Crippen LogP contribution in [0.2, 0.25) is 0 Å². The van der Waals surface area contributed by atoms with Crippen LogP contribution in [0.3, 0.4) is 0 Å². The maximum absolute atomic E-state index is 12.6. The average molecular weight is 352 g/mol. The Balaban J connectivity index is 1.54. The number of hydrogen-bond donors (Lipinski definition) is 1. The molecule has 2 amide bonds. The van der Waals surface area contributed by atoms with E-state index in [2.05, 4.69) is 5.32 Å². The second-order valence-electron chi connectivity index (χ2n) is 6.65. The molecule has 0 unspecified atom stereocenters. The standard InChI is InChI=1S/C21H24N2O3/c1-15-4-3-5-17(14-15)21(25)23-12-10-16(11-13-23)20(24)22-18-6-8-19(26-2)9-7-18/h3-9,14,16H,10-13H2,1-2H3,(H,22,24). The Hall–Kier alpha value is -2.82. The number of amides is 2. The summed E-state index contributed by atoms with van der Waals surface area (Å²) in [6.07, 6.45) is 1.36. The summed E-state index contributed by atoms with van der Waals surface area (Å²) in [4.78, 5) is 26.9. The number of nitrogens with zero attached hydrogens (tertiary/aromatic N) is 1. The van der Waals surface area contributed by atoms with Crippen LogP contribution in [-0.4, -0.2) is 36.9 Å². The van der Waals surface area contributed by atoms with Crippen LogP contribution in [0.15, 0.2) is 48.5 Å². The van der Waals surface area contributed by atoms with Crippen molar-refractivity contribution >= 4 is 17.5 Å². The Morgan fingerprint density at radius 2 is 1.77 bits per heavy atom. The first kappa shape index (κ1) is 18.0. The van der Waals surface area contributed by atoms with Crippen LogP contribution in [-0.2, 0) is 4.79 Å². The molecule has 136 valence electrons. The molecule has 0 radical (unpaired) electrons. The minimum atomic E-state index is -0.0707. The molecule has 0 bridgehead atoms. The zero-order valence-electron chi connectivity index (χ0n) is 15.2. The van der Waals surface area contributed by atoms with Crippen LogP contribution in [0.5, 0.6) is 5.75 Å². The Kier molecular flexibility index (Phi) is 5.56. The normalized spacial score (nSPS) is 14.8. The predicted molar refractivity (Wildman–Crippen MR) is 101 cm³/mol. The van der Waals surface area contributed by atoms with E-state index in [1.165, 1.54) is 0 Å². The highest BCUT2D eigenvalue weighted by atomic mass is 16.5. The van der Waals surface area contributed by atoms with Gasteiger partial charge in [-0.15, -0.1) is 0 Å². The lowest BCUT2D eigenvalue weighted by atomic mass is 9.95. The summed E-state index contributed by atoms with van der Waals surface area (Å²) < 4.78 is 5.12. The molecule has 1 N–H and O–H groups in total. The van der Waals surface area contributed by atoms with Gasteiger partial charge in [-0.2, -0.15) is 0 Å². The maximum Gasteiger partial charge on any atom is 0.253 e. The highest BCUT2D eigenvalue weighted by Gasteiger charge is 2.27. The number of piperidine rings is 1. The summed E-state index contributed by atoms with van der Waals surface area (Å²) in [7, 11) is 1.61. The minimum Gasteiger partial charge on any atom is -0.497 e. The summed E-state index contributed by atoms with van der Waals surface area (Å²) >= 11 is 0. The fourth-order valence-electron chi connectivity index (χ4n) is 3.22. The first-order valence-corrected chi connectivity index (χ1v) is 8.87. The molecule has 3 rings (SSSR count). The molecule has 1 saturated heterocycles. The number of anilines is 1. The van der Waals surface area contributed by atoms with Gasteiger partial charge >= 0.3 is 0 Å². The molecular weight excluding hydrogens is 328 g/mol. The van der Waals surface area contributed by atoms with Crippen molar-refractivity contribution in [3.8, 4) is 5.75 Å². The number of rotatable bonds is 4. The minimum absolute atomic E-state index is 0.0119. The third-order valence-corrected chi connectivity index (χ3v) is 4.78. The van der Waals surface area contributed by atoms with Gasteiger partial charge in [0.15, 0.2) is 0 Å². The number of carbonyl (C=O) groups is 2. The predicted octanol–water partition coefficient (Wildman–Crippen LogP) is 3.49. The summed E-state index contributed by atoms with van der Waals surface area (Å²) in [5.41, 5.74) is 2.55. The number of ether oxygens (including phenoxy) is 1. The Morgan fingerprint density at radius 1 is 1.08 bits per heavy atom. The third kappa shape index (κ3) is 4.23. The largest absolute Gasteiger partial charge is 0.497 e. The van der Waals surface area contributed by atoms with E-state index in [1.54, 1.807) is 7.11 Å². The summed E-state index contributed by atoms with van der Waals surface area (Å²) in [6.45, 7) is 3.19. The SMILES string of the molecule is COc1ccc(NC(=O)C2CCN(C(=O)c3cccc(C)c3)CC2)cc1. The molecule has 26 heavy (non-hydrogen) atoms. The lowest BCUT2D eigenvalue weighted by molar-refractivity contribution is -0.121. The van der Waals surface area contributed by atoms with E-state index >= 15 is 0 Å². The molecule has 1 heterocycles. The molecule has 2 aromatic rings. The molecule has 0 atom stereocenters. The number of aryl methyl sites for hydroxylation is 1.